The van der Waals surface area contributed by atoms with Gasteiger partial charge < -0.3 is 0 Å². The monoisotopic (exact) mass is 339 g/mol. The molecule has 0 bridgehead atoms. The van der Waals surface area contributed by atoms with E-state index in [9.17, 15) is 4.79 Å². The van der Waals surface area contributed by atoms with E-state index in [1.807, 2.05) is 48.5 Å². The van der Waals surface area contributed by atoms with Crippen LogP contribution in [0.2, 0.25) is 5.02 Å². The Kier molecular flexibility index (Phi) is 3.44. The number of hydrogen-bond donors (Lipinski definition) is 0. The van der Waals surface area contributed by atoms with E-state index >= 15 is 0 Å². The second-order valence-corrected chi connectivity index (χ2v) is 6.36. The fourth-order valence-corrected chi connectivity index (χ4v) is 3.46. The lowest BCUT2D eigenvalue weighted by Gasteiger charge is -1.95. The summed E-state index contributed by atoms with van der Waals surface area (Å²) in [6, 6.07) is 17.0. The van der Waals surface area contributed by atoms with Crippen LogP contribution in [0.25, 0.3) is 22.4 Å². The van der Waals surface area contributed by atoms with Crippen LogP contribution in [0, 0.1) is 0 Å². The van der Waals surface area contributed by atoms with E-state index in [0.717, 1.165) is 11.1 Å². The summed E-state index contributed by atoms with van der Waals surface area (Å²) in [5, 5.41) is 8.87. The van der Waals surface area contributed by atoms with E-state index in [0.29, 0.717) is 20.3 Å². The largest absolute Gasteiger partial charge is 0.276 e. The second-order valence-electron chi connectivity index (χ2n) is 4.94. The molecule has 4 aromatic rings. The fraction of sp³-hybridized carbons (Fsp3) is 0. The van der Waals surface area contributed by atoms with Crippen LogP contribution >= 0.6 is 22.9 Å². The zero-order valence-electron chi connectivity index (χ0n) is 11.8. The molecule has 0 aliphatic rings. The lowest BCUT2D eigenvalue weighted by Crippen LogP contribution is -2.23. The molecule has 0 unspecified atom stereocenters. The Labute approximate surface area is 140 Å². The van der Waals surface area contributed by atoms with Crippen LogP contribution < -0.4 is 10.1 Å². The van der Waals surface area contributed by atoms with Gasteiger partial charge in [-0.2, -0.15) is 0 Å². The topological polar surface area (TPSA) is 47.3 Å². The summed E-state index contributed by atoms with van der Waals surface area (Å²) in [6.45, 7) is 0. The first-order valence-electron chi connectivity index (χ1n) is 6.93. The van der Waals surface area contributed by atoms with Gasteiger partial charge in [-0.3, -0.25) is 4.79 Å². The number of nitrogens with zero attached hydrogens (tertiary/aromatic N) is 3. The van der Waals surface area contributed by atoms with E-state index in [1.165, 1.54) is 11.3 Å². The molecule has 2 aromatic carbocycles. The van der Waals surface area contributed by atoms with Gasteiger partial charge in [0.25, 0.3) is 5.56 Å². The van der Waals surface area contributed by atoms with Crippen LogP contribution in [0.1, 0.15) is 5.56 Å². The average Bonchev–Trinajstić information content (AvgIpc) is 3.12. The summed E-state index contributed by atoms with van der Waals surface area (Å²) in [6.07, 6.45) is 1.79. The third-order valence-electron chi connectivity index (χ3n) is 3.47. The zero-order valence-corrected chi connectivity index (χ0v) is 13.4. The molecule has 2 heterocycles. The zero-order chi connectivity index (χ0) is 15.8. The fourth-order valence-electron chi connectivity index (χ4n) is 2.37. The molecule has 0 N–H and O–H groups in total. The van der Waals surface area contributed by atoms with Crippen molar-refractivity contribution in [3.05, 3.63) is 80.1 Å². The van der Waals surface area contributed by atoms with Gasteiger partial charge in [-0.25, -0.2) is 4.40 Å². The molecule has 4 rings (SSSR count). The van der Waals surface area contributed by atoms with Crippen molar-refractivity contribution in [2.45, 2.75) is 0 Å². The Morgan fingerprint density at radius 1 is 1.00 bits per heavy atom. The first-order chi connectivity index (χ1) is 11.2. The van der Waals surface area contributed by atoms with Gasteiger partial charge in [0.1, 0.15) is 0 Å². The van der Waals surface area contributed by atoms with Gasteiger partial charge in [0.05, 0.1) is 4.53 Å². The van der Waals surface area contributed by atoms with E-state index < -0.39 is 0 Å². The van der Waals surface area contributed by atoms with Crippen molar-refractivity contribution < 1.29 is 0 Å². The lowest BCUT2D eigenvalue weighted by atomic mass is 10.2. The molecule has 0 amide bonds. The summed E-state index contributed by atoms with van der Waals surface area (Å²) in [5.41, 5.74) is 1.54. The molecule has 2 aromatic heterocycles. The first kappa shape index (κ1) is 14.1. The predicted molar refractivity (Wildman–Crippen MR) is 92.8 cm³/mol. The summed E-state index contributed by atoms with van der Waals surface area (Å²) in [7, 11) is 0. The van der Waals surface area contributed by atoms with E-state index in [-0.39, 0.29) is 5.56 Å². The van der Waals surface area contributed by atoms with Crippen molar-refractivity contribution >= 4 is 34.0 Å². The summed E-state index contributed by atoms with van der Waals surface area (Å²) < 4.78 is 2.13. The van der Waals surface area contributed by atoms with Crippen molar-refractivity contribution in [2.24, 2.45) is 0 Å². The minimum absolute atomic E-state index is 0.131. The normalized spacial score (nSPS) is 12.1. The van der Waals surface area contributed by atoms with Crippen LogP contribution in [-0.2, 0) is 0 Å². The minimum Gasteiger partial charge on any atom is -0.267 e. The van der Waals surface area contributed by atoms with Gasteiger partial charge in [0, 0.05) is 10.6 Å². The SMILES string of the molecule is O=c1c(=Cc2ccccc2Cl)sc2nnc(-c3ccccc3)n12. The summed E-state index contributed by atoms with van der Waals surface area (Å²) in [4.78, 5) is 13.3. The van der Waals surface area contributed by atoms with E-state index in [4.69, 9.17) is 11.6 Å². The second kappa shape index (κ2) is 5.61. The standard InChI is InChI=1S/C17H10ClN3OS/c18-13-9-5-4-8-12(13)10-14-16(22)21-15(19-20-17(21)23-14)11-6-2-1-3-7-11/h1-10H. The van der Waals surface area contributed by atoms with Gasteiger partial charge in [-0.15, -0.1) is 10.2 Å². The predicted octanol–water partition coefficient (Wildman–Crippen LogP) is 3.02. The molecular formula is C17H10ClN3OS. The Morgan fingerprint density at radius 2 is 1.74 bits per heavy atom. The molecule has 0 aliphatic heterocycles. The Balaban J connectivity index is 1.96. The number of aromatic nitrogens is 3. The molecule has 112 valence electrons. The van der Waals surface area contributed by atoms with Crippen LogP contribution in [0.5, 0.6) is 0 Å². The number of rotatable bonds is 2. The quantitative estimate of drug-likeness (QED) is 0.564. The van der Waals surface area contributed by atoms with Crippen molar-refractivity contribution in [3.63, 3.8) is 0 Å². The highest BCUT2D eigenvalue weighted by Gasteiger charge is 2.13. The Hall–Kier alpha value is -2.50. The van der Waals surface area contributed by atoms with Crippen LogP contribution in [-0.4, -0.2) is 14.6 Å². The molecule has 0 aliphatic carbocycles. The third kappa shape index (κ3) is 2.44. The van der Waals surface area contributed by atoms with Gasteiger partial charge >= 0.3 is 0 Å². The molecule has 0 radical (unpaired) electrons. The number of fused-ring (bicyclic) bond motifs is 1. The van der Waals surface area contributed by atoms with E-state index in [1.54, 1.807) is 16.5 Å². The molecule has 0 atom stereocenters. The molecule has 0 saturated carbocycles. The molecule has 4 nitrogen and oxygen atoms in total. The van der Waals surface area contributed by atoms with Gasteiger partial charge in [0.2, 0.25) is 4.96 Å². The number of halogens is 1. The number of benzene rings is 2. The lowest BCUT2D eigenvalue weighted by molar-refractivity contribution is 1.09. The van der Waals surface area contributed by atoms with Crippen molar-refractivity contribution in [1.82, 2.24) is 14.6 Å². The highest BCUT2D eigenvalue weighted by molar-refractivity contribution is 7.15. The maximum Gasteiger partial charge on any atom is 0.276 e. The number of thiazole rings is 1. The van der Waals surface area contributed by atoms with E-state index in [2.05, 4.69) is 10.2 Å². The van der Waals surface area contributed by atoms with Crippen molar-refractivity contribution in [1.29, 1.82) is 0 Å². The highest BCUT2D eigenvalue weighted by atomic mass is 35.5. The summed E-state index contributed by atoms with van der Waals surface area (Å²) >= 11 is 7.47. The molecular weight excluding hydrogens is 330 g/mol. The average molecular weight is 340 g/mol. The Bertz CT molecular complexity index is 1100. The first-order valence-corrected chi connectivity index (χ1v) is 8.13. The molecule has 0 spiro atoms. The molecule has 0 fully saturated rings. The molecule has 6 heteroatoms. The summed E-state index contributed by atoms with van der Waals surface area (Å²) in [5.74, 6) is 0.556. The van der Waals surface area contributed by atoms with Gasteiger partial charge in [0.15, 0.2) is 5.82 Å². The van der Waals surface area contributed by atoms with Crippen LogP contribution in [0.15, 0.2) is 59.4 Å². The van der Waals surface area contributed by atoms with Crippen LogP contribution in [0.4, 0.5) is 0 Å². The Morgan fingerprint density at radius 3 is 2.52 bits per heavy atom. The minimum atomic E-state index is -0.131. The van der Waals surface area contributed by atoms with Gasteiger partial charge in [-0.05, 0) is 17.7 Å². The van der Waals surface area contributed by atoms with Crippen LogP contribution in [0.3, 0.4) is 0 Å². The number of hydrogen-bond acceptors (Lipinski definition) is 4. The van der Waals surface area contributed by atoms with Crippen molar-refractivity contribution in [3.8, 4) is 11.4 Å². The maximum atomic E-state index is 12.7. The maximum absolute atomic E-state index is 12.7. The smallest absolute Gasteiger partial charge is 0.267 e. The van der Waals surface area contributed by atoms with Crippen molar-refractivity contribution in [2.75, 3.05) is 0 Å². The molecule has 0 saturated heterocycles. The third-order valence-corrected chi connectivity index (χ3v) is 4.78. The highest BCUT2D eigenvalue weighted by Crippen LogP contribution is 2.18. The van der Waals surface area contributed by atoms with Gasteiger partial charge in [-0.1, -0.05) is 71.5 Å². The molecule has 23 heavy (non-hydrogen) atoms.